The Morgan fingerprint density at radius 3 is 2.24 bits per heavy atom. The summed E-state index contributed by atoms with van der Waals surface area (Å²) >= 11 is 2.34. The van der Waals surface area contributed by atoms with Crippen LogP contribution in [0.4, 0.5) is 0 Å². The lowest BCUT2D eigenvalue weighted by atomic mass is 10.0. The summed E-state index contributed by atoms with van der Waals surface area (Å²) in [5.74, 6) is 0.654. The van der Waals surface area contributed by atoms with Crippen molar-refractivity contribution in [2.45, 2.75) is 26.4 Å². The van der Waals surface area contributed by atoms with Crippen LogP contribution in [0.5, 0.6) is 0 Å². The number of hydrogen-bond donors (Lipinski definition) is 1. The van der Waals surface area contributed by atoms with E-state index in [0.29, 0.717) is 12.0 Å². The molecule has 1 N–H and O–H groups in total. The molecule has 0 aliphatic carbocycles. The molecule has 1 aromatic rings. The molecule has 0 amide bonds. The molecule has 0 aliphatic heterocycles. The number of nitrogens with one attached hydrogen (secondary N) is 1. The van der Waals surface area contributed by atoms with E-state index in [-0.39, 0.29) is 0 Å². The number of benzene rings is 1. The van der Waals surface area contributed by atoms with Gasteiger partial charge in [-0.3, -0.25) is 0 Å². The van der Waals surface area contributed by atoms with Crippen LogP contribution in [0.15, 0.2) is 24.3 Å². The Morgan fingerprint density at radius 1 is 1.18 bits per heavy atom. The quantitative estimate of drug-likeness (QED) is 0.797. The van der Waals surface area contributed by atoms with Gasteiger partial charge in [-0.05, 0) is 60.3 Å². The van der Waals surface area contributed by atoms with Crippen LogP contribution in [0.25, 0.3) is 0 Å². The zero-order valence-electron chi connectivity index (χ0n) is 11.2. The monoisotopic (exact) mass is 346 g/mol. The average molecular weight is 346 g/mol. The Hall–Kier alpha value is -0.130. The maximum atomic E-state index is 3.64. The van der Waals surface area contributed by atoms with Crippen molar-refractivity contribution >= 4 is 22.6 Å². The zero-order chi connectivity index (χ0) is 12.8. The van der Waals surface area contributed by atoms with Crippen molar-refractivity contribution in [2.24, 2.45) is 5.92 Å². The molecule has 0 aromatic heterocycles. The minimum atomic E-state index is 0.546. The first-order chi connectivity index (χ1) is 7.99. The molecule has 1 rings (SSSR count). The first-order valence-electron chi connectivity index (χ1n) is 6.11. The van der Waals surface area contributed by atoms with Gasteiger partial charge < -0.3 is 10.2 Å². The molecule has 0 aliphatic rings. The van der Waals surface area contributed by atoms with Crippen LogP contribution < -0.4 is 5.32 Å². The van der Waals surface area contributed by atoms with E-state index in [1.54, 1.807) is 0 Å². The Balaban J connectivity index is 2.48. The molecule has 0 radical (unpaired) electrons. The topological polar surface area (TPSA) is 15.3 Å². The molecule has 0 saturated heterocycles. The van der Waals surface area contributed by atoms with E-state index < -0.39 is 0 Å². The largest absolute Gasteiger partial charge is 0.308 e. The molecule has 0 heterocycles. The Kier molecular flexibility index (Phi) is 6.44. The van der Waals surface area contributed by atoms with Crippen molar-refractivity contribution in [2.75, 3.05) is 20.6 Å². The minimum Gasteiger partial charge on any atom is -0.308 e. The predicted molar refractivity (Wildman–Crippen MR) is 83.2 cm³/mol. The van der Waals surface area contributed by atoms with Gasteiger partial charge in [0.15, 0.2) is 0 Å². The van der Waals surface area contributed by atoms with E-state index in [1.807, 2.05) is 0 Å². The van der Waals surface area contributed by atoms with Crippen LogP contribution >= 0.6 is 22.6 Å². The van der Waals surface area contributed by atoms with Gasteiger partial charge in [-0.1, -0.05) is 26.0 Å². The lowest BCUT2D eigenvalue weighted by Gasteiger charge is -2.25. The van der Waals surface area contributed by atoms with Crippen molar-refractivity contribution in [1.82, 2.24) is 10.2 Å². The van der Waals surface area contributed by atoms with E-state index in [4.69, 9.17) is 0 Å². The van der Waals surface area contributed by atoms with Crippen LogP contribution in [-0.2, 0) is 6.54 Å². The Labute approximate surface area is 119 Å². The summed E-state index contributed by atoms with van der Waals surface area (Å²) in [6.07, 6.45) is 0. The van der Waals surface area contributed by atoms with Gasteiger partial charge in [0.25, 0.3) is 0 Å². The van der Waals surface area contributed by atoms with E-state index in [1.165, 1.54) is 9.13 Å². The minimum absolute atomic E-state index is 0.546. The van der Waals surface area contributed by atoms with Gasteiger partial charge in [0, 0.05) is 22.7 Å². The summed E-state index contributed by atoms with van der Waals surface area (Å²) in [6, 6.07) is 9.26. The van der Waals surface area contributed by atoms with Crippen molar-refractivity contribution in [1.29, 1.82) is 0 Å². The van der Waals surface area contributed by atoms with Gasteiger partial charge in [0.1, 0.15) is 0 Å². The van der Waals surface area contributed by atoms with Crippen LogP contribution in [0, 0.1) is 9.49 Å². The molecule has 17 heavy (non-hydrogen) atoms. The van der Waals surface area contributed by atoms with Gasteiger partial charge in [0.05, 0.1) is 0 Å². The summed E-state index contributed by atoms with van der Waals surface area (Å²) in [7, 11) is 4.25. The highest BCUT2D eigenvalue weighted by Gasteiger charge is 2.13. The van der Waals surface area contributed by atoms with E-state index in [2.05, 4.69) is 85.0 Å². The molecule has 3 heteroatoms. The Morgan fingerprint density at radius 2 is 1.76 bits per heavy atom. The van der Waals surface area contributed by atoms with Gasteiger partial charge in [-0.2, -0.15) is 0 Å². The molecule has 0 fully saturated rings. The summed E-state index contributed by atoms with van der Waals surface area (Å²) in [4.78, 5) is 2.24. The normalized spacial score (nSPS) is 13.4. The molecular formula is C14H23IN2. The van der Waals surface area contributed by atoms with Gasteiger partial charge >= 0.3 is 0 Å². The number of hydrogen-bond acceptors (Lipinski definition) is 2. The molecule has 0 saturated carbocycles. The molecule has 0 bridgehead atoms. The van der Waals surface area contributed by atoms with E-state index >= 15 is 0 Å². The molecule has 1 aromatic carbocycles. The fourth-order valence-corrected chi connectivity index (χ4v) is 2.12. The van der Waals surface area contributed by atoms with Crippen molar-refractivity contribution in [3.05, 3.63) is 33.4 Å². The lowest BCUT2D eigenvalue weighted by molar-refractivity contribution is 0.288. The third-order valence-electron chi connectivity index (χ3n) is 2.85. The van der Waals surface area contributed by atoms with Gasteiger partial charge in [-0.15, -0.1) is 0 Å². The van der Waals surface area contributed by atoms with E-state index in [9.17, 15) is 0 Å². The second-order valence-corrected chi connectivity index (χ2v) is 6.37. The fourth-order valence-electron chi connectivity index (χ4n) is 1.76. The number of halogens is 1. The molecule has 0 spiro atoms. The third kappa shape index (κ3) is 5.84. The average Bonchev–Trinajstić information content (AvgIpc) is 2.25. The molecule has 2 nitrogen and oxygen atoms in total. The maximum Gasteiger partial charge on any atom is 0.0220 e. The third-order valence-corrected chi connectivity index (χ3v) is 3.57. The van der Waals surface area contributed by atoms with Crippen LogP contribution in [0.3, 0.4) is 0 Å². The summed E-state index contributed by atoms with van der Waals surface area (Å²) in [5.41, 5.74) is 1.36. The van der Waals surface area contributed by atoms with Crippen LogP contribution in [0.2, 0.25) is 0 Å². The molecule has 1 unspecified atom stereocenters. The predicted octanol–water partition coefficient (Wildman–Crippen LogP) is 2.97. The molecule has 1 atom stereocenters. The molecule has 96 valence electrons. The van der Waals surface area contributed by atoms with Crippen molar-refractivity contribution in [3.8, 4) is 0 Å². The highest BCUT2D eigenvalue weighted by Crippen LogP contribution is 2.08. The maximum absolute atomic E-state index is 3.64. The summed E-state index contributed by atoms with van der Waals surface area (Å²) in [5, 5.41) is 3.64. The fraction of sp³-hybridized carbons (Fsp3) is 0.571. The Bertz CT molecular complexity index is 319. The highest BCUT2D eigenvalue weighted by atomic mass is 127. The number of rotatable bonds is 6. The van der Waals surface area contributed by atoms with Crippen molar-refractivity contribution in [3.63, 3.8) is 0 Å². The lowest BCUT2D eigenvalue weighted by Crippen LogP contribution is -2.41. The summed E-state index contributed by atoms with van der Waals surface area (Å²) in [6.45, 7) is 6.58. The first kappa shape index (κ1) is 14.9. The number of likely N-dealkylation sites (N-methyl/N-ethyl adjacent to an activating group) is 1. The second kappa shape index (κ2) is 7.34. The number of nitrogens with zero attached hydrogens (tertiary/aromatic N) is 1. The zero-order valence-corrected chi connectivity index (χ0v) is 13.4. The van der Waals surface area contributed by atoms with Crippen molar-refractivity contribution < 1.29 is 0 Å². The second-order valence-electron chi connectivity index (χ2n) is 5.12. The SMILES string of the molecule is CC(C)C(CN(C)C)NCc1ccc(I)cc1. The molecular weight excluding hydrogens is 323 g/mol. The highest BCUT2D eigenvalue weighted by molar-refractivity contribution is 14.1. The van der Waals surface area contributed by atoms with Crippen LogP contribution in [-0.4, -0.2) is 31.6 Å². The van der Waals surface area contributed by atoms with Gasteiger partial charge in [0.2, 0.25) is 0 Å². The smallest absolute Gasteiger partial charge is 0.0220 e. The standard InChI is InChI=1S/C14H23IN2/c1-11(2)14(10-17(3)4)16-9-12-5-7-13(15)8-6-12/h5-8,11,14,16H,9-10H2,1-4H3. The van der Waals surface area contributed by atoms with E-state index in [0.717, 1.165) is 13.1 Å². The first-order valence-corrected chi connectivity index (χ1v) is 7.19. The van der Waals surface area contributed by atoms with Gasteiger partial charge in [-0.25, -0.2) is 0 Å². The van der Waals surface area contributed by atoms with Crippen LogP contribution in [0.1, 0.15) is 19.4 Å². The summed E-state index contributed by atoms with van der Waals surface area (Å²) < 4.78 is 1.29.